The number of carbonyl (C=O) groups excluding carboxylic acids is 1. The Morgan fingerprint density at radius 2 is 1.79 bits per heavy atom. The number of aromatic nitrogens is 2. The topological polar surface area (TPSA) is 154 Å². The first-order valence-electron chi connectivity index (χ1n) is 16.8. The van der Waals surface area contributed by atoms with Crippen LogP contribution in [-0.4, -0.2) is 60.2 Å². The highest BCUT2D eigenvalue weighted by Crippen LogP contribution is 2.43. The molecule has 1 saturated heterocycles. The van der Waals surface area contributed by atoms with E-state index in [0.29, 0.717) is 59.7 Å². The molecule has 2 heterocycles. The second-order valence-corrected chi connectivity index (χ2v) is 15.6. The monoisotopic (exact) mass is 745 g/mol. The maximum atomic E-state index is 14.5. The summed E-state index contributed by atoms with van der Waals surface area (Å²) in [5, 5.41) is 27.4. The van der Waals surface area contributed by atoms with Gasteiger partial charge in [-0.1, -0.05) is 18.6 Å². The highest BCUT2D eigenvalue weighted by Gasteiger charge is 2.43. The van der Waals surface area contributed by atoms with Crippen LogP contribution in [0.5, 0.6) is 0 Å². The van der Waals surface area contributed by atoms with Crippen LogP contribution in [0.25, 0.3) is 11.0 Å². The molecular weight excluding hydrogens is 706 g/mol. The molecule has 1 aromatic heterocycles. The number of nitrogens with one attached hydrogen (secondary N) is 2. The number of rotatable bonds is 8. The lowest BCUT2D eigenvalue weighted by atomic mass is 9.69. The van der Waals surface area contributed by atoms with E-state index in [-0.39, 0.29) is 29.6 Å². The third kappa shape index (κ3) is 6.86. The molecule has 3 aromatic carbocycles. The molecular formula is C36H39F4N5O6S. The quantitative estimate of drug-likeness (QED) is 0.169. The SMILES string of the molecule is Cc1nc2cc(S(=O)(=O)N(C)c3ccc([C@H]4CCC[C@@H](C(=O)Nc5ccc(C(F)(F)F)cc5F)[C@@H]4C(=O)O)cc3)cc([C@]3(O)CCCNC3)c2n1C. The number of halogens is 4. The van der Waals surface area contributed by atoms with Crippen molar-refractivity contribution >= 4 is 44.3 Å². The molecule has 2 aliphatic rings. The summed E-state index contributed by atoms with van der Waals surface area (Å²) in [4.78, 5) is 30.3. The molecule has 11 nitrogen and oxygen atoms in total. The lowest BCUT2D eigenvalue weighted by molar-refractivity contribution is -0.148. The summed E-state index contributed by atoms with van der Waals surface area (Å²) in [6.07, 6.45) is -2.65. The first kappa shape index (κ1) is 37.2. The fraction of sp³-hybridized carbons (Fsp3) is 0.417. The van der Waals surface area contributed by atoms with Crippen LogP contribution in [0.1, 0.15) is 60.5 Å². The number of carbonyl (C=O) groups is 2. The first-order chi connectivity index (χ1) is 24.4. The summed E-state index contributed by atoms with van der Waals surface area (Å²) in [7, 11) is -0.993. The molecule has 278 valence electrons. The van der Waals surface area contributed by atoms with E-state index < -0.39 is 68.5 Å². The minimum atomic E-state index is -4.78. The Hall–Kier alpha value is -4.54. The molecule has 4 aromatic rings. The van der Waals surface area contributed by atoms with Gasteiger partial charge in [0.1, 0.15) is 17.2 Å². The lowest BCUT2D eigenvalue weighted by Gasteiger charge is -2.35. The molecule has 16 heteroatoms. The maximum absolute atomic E-state index is 14.5. The number of aliphatic carboxylic acids is 1. The van der Waals surface area contributed by atoms with Crippen LogP contribution in [0.2, 0.25) is 0 Å². The minimum Gasteiger partial charge on any atom is -0.481 e. The van der Waals surface area contributed by atoms with Crippen molar-refractivity contribution in [1.82, 2.24) is 14.9 Å². The van der Waals surface area contributed by atoms with Gasteiger partial charge in [-0.15, -0.1) is 0 Å². The molecule has 4 N–H and O–H groups in total. The molecule has 6 rings (SSSR count). The number of amides is 1. The second-order valence-electron chi connectivity index (χ2n) is 13.6. The zero-order valence-corrected chi connectivity index (χ0v) is 29.5. The number of alkyl halides is 3. The Labute approximate surface area is 297 Å². The number of benzene rings is 3. The van der Waals surface area contributed by atoms with Gasteiger partial charge in [0, 0.05) is 26.2 Å². The van der Waals surface area contributed by atoms with Crippen molar-refractivity contribution in [1.29, 1.82) is 0 Å². The van der Waals surface area contributed by atoms with Crippen molar-refractivity contribution in [2.45, 2.75) is 61.6 Å². The second kappa shape index (κ2) is 13.8. The zero-order valence-electron chi connectivity index (χ0n) is 28.7. The summed E-state index contributed by atoms with van der Waals surface area (Å²) in [5.41, 5.74) is -0.691. The molecule has 1 amide bonds. The maximum Gasteiger partial charge on any atom is 0.416 e. The Morgan fingerprint density at radius 1 is 1.08 bits per heavy atom. The van der Waals surface area contributed by atoms with Crippen molar-refractivity contribution in [3.63, 3.8) is 0 Å². The number of nitrogens with zero attached hydrogens (tertiary/aromatic N) is 3. The van der Waals surface area contributed by atoms with E-state index in [1.165, 1.54) is 31.3 Å². The third-order valence-corrected chi connectivity index (χ3v) is 12.2. The fourth-order valence-electron chi connectivity index (χ4n) is 7.52. The van der Waals surface area contributed by atoms with Gasteiger partial charge in [-0.2, -0.15) is 13.2 Å². The molecule has 0 spiro atoms. The van der Waals surface area contributed by atoms with Gasteiger partial charge in [-0.25, -0.2) is 17.8 Å². The Bertz CT molecular complexity index is 2130. The Balaban J connectivity index is 1.25. The van der Waals surface area contributed by atoms with Crippen LogP contribution in [0, 0.1) is 24.6 Å². The number of imidazole rings is 1. The molecule has 52 heavy (non-hydrogen) atoms. The van der Waals surface area contributed by atoms with Crippen molar-refractivity contribution in [3.05, 3.63) is 82.9 Å². The van der Waals surface area contributed by atoms with Crippen molar-refractivity contribution < 1.29 is 45.8 Å². The lowest BCUT2D eigenvalue weighted by Crippen LogP contribution is -2.43. The highest BCUT2D eigenvalue weighted by atomic mass is 32.2. The number of hydrogen-bond donors (Lipinski definition) is 4. The summed E-state index contributed by atoms with van der Waals surface area (Å²) < 4.78 is 84.6. The van der Waals surface area contributed by atoms with Crippen LogP contribution in [0.4, 0.5) is 28.9 Å². The predicted molar refractivity (Wildman–Crippen MR) is 185 cm³/mol. The molecule has 2 fully saturated rings. The van der Waals surface area contributed by atoms with Crippen LogP contribution in [0.15, 0.2) is 59.5 Å². The first-order valence-corrected chi connectivity index (χ1v) is 18.3. The van der Waals surface area contributed by atoms with E-state index >= 15 is 0 Å². The van der Waals surface area contributed by atoms with Gasteiger partial charge >= 0.3 is 12.1 Å². The minimum absolute atomic E-state index is 0.0600. The average molecular weight is 746 g/mol. The number of carboxylic acid groups (broad SMARTS) is 1. The van der Waals surface area contributed by atoms with E-state index in [0.717, 1.165) is 16.9 Å². The smallest absolute Gasteiger partial charge is 0.416 e. The average Bonchev–Trinajstić information content (AvgIpc) is 3.40. The Morgan fingerprint density at radius 3 is 2.40 bits per heavy atom. The van der Waals surface area contributed by atoms with E-state index in [1.807, 2.05) is 11.6 Å². The van der Waals surface area contributed by atoms with Gasteiger partial charge in [0.2, 0.25) is 5.91 Å². The summed E-state index contributed by atoms with van der Waals surface area (Å²) >= 11 is 0. The number of aliphatic hydroxyl groups is 1. The van der Waals surface area contributed by atoms with Crippen LogP contribution in [0.3, 0.4) is 0 Å². The number of hydrogen-bond acceptors (Lipinski definition) is 7. The number of sulfonamides is 1. The molecule has 1 aliphatic carbocycles. The zero-order chi connectivity index (χ0) is 37.7. The number of β-amino-alcohol motifs (C(OH)–C–C–N with tert-alkyl or cyclic N) is 1. The van der Waals surface area contributed by atoms with Crippen LogP contribution < -0.4 is 14.9 Å². The largest absolute Gasteiger partial charge is 0.481 e. The Kier molecular flexibility index (Phi) is 9.87. The van der Waals surface area contributed by atoms with E-state index in [2.05, 4.69) is 15.6 Å². The van der Waals surface area contributed by atoms with Gasteiger partial charge in [-0.3, -0.25) is 13.9 Å². The number of carboxylic acids is 1. The molecule has 0 radical (unpaired) electrons. The normalized spacial score (nSPS) is 22.7. The number of anilines is 2. The van der Waals surface area contributed by atoms with Gasteiger partial charge in [0.05, 0.1) is 44.7 Å². The van der Waals surface area contributed by atoms with E-state index in [4.69, 9.17) is 0 Å². The number of fused-ring (bicyclic) bond motifs is 1. The fourth-order valence-corrected chi connectivity index (χ4v) is 8.76. The van der Waals surface area contributed by atoms with Crippen molar-refractivity contribution in [2.24, 2.45) is 18.9 Å². The summed E-state index contributed by atoms with van der Waals surface area (Å²) in [6.45, 7) is 2.78. The molecule has 4 atom stereocenters. The number of piperidine rings is 1. The summed E-state index contributed by atoms with van der Waals surface area (Å²) in [5.74, 6) is -5.78. The molecule has 1 aliphatic heterocycles. The third-order valence-electron chi connectivity index (χ3n) is 10.4. The van der Waals surface area contributed by atoms with E-state index in [9.17, 15) is 45.8 Å². The van der Waals surface area contributed by atoms with E-state index in [1.54, 1.807) is 19.1 Å². The van der Waals surface area contributed by atoms with Gasteiger partial charge in [-0.05, 0) is 93.1 Å². The molecule has 0 bridgehead atoms. The molecule has 1 saturated carbocycles. The number of aryl methyl sites for hydroxylation is 2. The van der Waals surface area contributed by atoms with Gasteiger partial charge in [0.25, 0.3) is 10.0 Å². The standard InChI is InChI=1S/C36H39F4N5O6S/c1-20-42-30-18-24(17-27(32(30)44(20)2)35(49)14-5-15-41-19-35)52(50,51)45(3)23-11-8-21(9-12-23)25-6-4-7-26(31(25)34(47)48)33(46)43-29-13-10-22(16-28(29)37)36(38,39)40/h8-13,16-18,25-26,31,41,49H,4-7,14-15,19H2,1-3H3,(H,43,46)(H,47,48)/t25-,26-,31-,35+/m1/s1. The van der Waals surface area contributed by atoms with Crippen LogP contribution in [-0.2, 0) is 38.4 Å². The summed E-state index contributed by atoms with van der Waals surface area (Å²) in [6, 6.07) is 10.9. The van der Waals surface area contributed by atoms with Crippen molar-refractivity contribution in [3.8, 4) is 0 Å². The highest BCUT2D eigenvalue weighted by molar-refractivity contribution is 7.92. The predicted octanol–water partition coefficient (Wildman–Crippen LogP) is 5.66. The van der Waals surface area contributed by atoms with Crippen molar-refractivity contribution in [2.75, 3.05) is 29.8 Å². The van der Waals surface area contributed by atoms with Gasteiger partial charge < -0.3 is 25.4 Å². The van der Waals surface area contributed by atoms with Crippen LogP contribution >= 0.6 is 0 Å². The molecule has 0 unspecified atom stereocenters. The van der Waals surface area contributed by atoms with Gasteiger partial charge in [0.15, 0.2) is 0 Å².